The maximum atomic E-state index is 14.2. The van der Waals surface area contributed by atoms with Crippen LogP contribution in [0.25, 0.3) is 10.2 Å². The second kappa shape index (κ2) is 9.84. The van der Waals surface area contributed by atoms with Crippen molar-refractivity contribution in [1.29, 1.82) is 0 Å². The third-order valence-electron chi connectivity index (χ3n) is 8.00. The summed E-state index contributed by atoms with van der Waals surface area (Å²) >= 11 is 1.89. The van der Waals surface area contributed by atoms with E-state index >= 15 is 0 Å². The molecule has 5 nitrogen and oxygen atoms in total. The van der Waals surface area contributed by atoms with Crippen LogP contribution in [0.4, 0.5) is 10.2 Å². The third-order valence-corrected chi connectivity index (χ3v) is 9.19. The molecular formula is C28H33FN4OS. The van der Waals surface area contributed by atoms with Crippen LogP contribution in [0.2, 0.25) is 0 Å². The quantitative estimate of drug-likeness (QED) is 0.414. The first kappa shape index (κ1) is 22.9. The van der Waals surface area contributed by atoms with Crippen LogP contribution in [-0.4, -0.2) is 47.0 Å². The van der Waals surface area contributed by atoms with Gasteiger partial charge in [0, 0.05) is 37.0 Å². The van der Waals surface area contributed by atoms with Gasteiger partial charge in [0.15, 0.2) is 0 Å². The van der Waals surface area contributed by atoms with Crippen molar-refractivity contribution >= 4 is 33.3 Å². The molecule has 184 valence electrons. The highest BCUT2D eigenvalue weighted by molar-refractivity contribution is 7.19. The van der Waals surface area contributed by atoms with Crippen molar-refractivity contribution in [3.63, 3.8) is 0 Å². The monoisotopic (exact) mass is 492 g/mol. The highest BCUT2D eigenvalue weighted by Gasteiger charge is 2.29. The molecule has 1 saturated heterocycles. The van der Waals surface area contributed by atoms with Gasteiger partial charge in [-0.05, 0) is 56.2 Å². The molecule has 7 heteroatoms. The van der Waals surface area contributed by atoms with Crippen LogP contribution in [0.15, 0.2) is 24.3 Å². The first-order chi connectivity index (χ1) is 17.2. The topological polar surface area (TPSA) is 49.3 Å². The molecule has 1 saturated carbocycles. The Balaban J connectivity index is 1.32. The smallest absolute Gasteiger partial charge is 0.256 e. The van der Waals surface area contributed by atoms with E-state index in [0.717, 1.165) is 29.3 Å². The summed E-state index contributed by atoms with van der Waals surface area (Å²) in [4.78, 5) is 30.2. The van der Waals surface area contributed by atoms with Crippen LogP contribution in [0, 0.1) is 5.82 Å². The summed E-state index contributed by atoms with van der Waals surface area (Å²) in [6.45, 7) is 2.57. The summed E-state index contributed by atoms with van der Waals surface area (Å²) in [5.41, 5.74) is 1.63. The molecule has 6 rings (SSSR count). The molecule has 0 bridgehead atoms. The summed E-state index contributed by atoms with van der Waals surface area (Å²) in [7, 11) is 0. The van der Waals surface area contributed by atoms with Gasteiger partial charge in [0.1, 0.15) is 22.3 Å². The molecule has 1 aliphatic heterocycles. The Labute approximate surface area is 210 Å². The maximum Gasteiger partial charge on any atom is 0.256 e. The number of fused-ring (bicyclic) bond motifs is 3. The molecule has 3 heterocycles. The van der Waals surface area contributed by atoms with Gasteiger partial charge in [-0.25, -0.2) is 14.4 Å². The molecule has 0 spiro atoms. The maximum absolute atomic E-state index is 14.2. The summed E-state index contributed by atoms with van der Waals surface area (Å²) in [6.07, 6.45) is 12.2. The number of hydrogen-bond donors (Lipinski definition) is 0. The van der Waals surface area contributed by atoms with E-state index < -0.39 is 5.82 Å². The molecule has 0 N–H and O–H groups in total. The summed E-state index contributed by atoms with van der Waals surface area (Å²) in [6, 6.07) is 6.28. The third kappa shape index (κ3) is 4.44. The molecule has 1 amide bonds. The molecule has 3 aliphatic rings. The van der Waals surface area contributed by atoms with Crippen molar-refractivity contribution in [2.24, 2.45) is 0 Å². The first-order valence-electron chi connectivity index (χ1n) is 13.3. The lowest BCUT2D eigenvalue weighted by atomic mass is 9.88. The van der Waals surface area contributed by atoms with Crippen molar-refractivity contribution in [2.45, 2.75) is 70.1 Å². The van der Waals surface area contributed by atoms with Gasteiger partial charge in [0.05, 0.1) is 10.9 Å². The van der Waals surface area contributed by atoms with E-state index in [1.165, 1.54) is 73.3 Å². The predicted octanol–water partition coefficient (Wildman–Crippen LogP) is 6.11. The van der Waals surface area contributed by atoms with Crippen LogP contribution in [0.3, 0.4) is 0 Å². The van der Waals surface area contributed by atoms with E-state index in [1.807, 2.05) is 11.3 Å². The van der Waals surface area contributed by atoms with Crippen LogP contribution in [0.1, 0.15) is 83.9 Å². The minimum atomic E-state index is -0.449. The zero-order chi connectivity index (χ0) is 23.8. The molecule has 2 aromatic heterocycles. The number of piperazine rings is 1. The number of aromatic nitrogens is 2. The number of carbonyl (C=O) groups excluding carboxylic acids is 1. The van der Waals surface area contributed by atoms with Crippen LogP contribution in [0.5, 0.6) is 0 Å². The summed E-state index contributed by atoms with van der Waals surface area (Å²) < 4.78 is 14.2. The molecule has 0 atom stereocenters. The van der Waals surface area contributed by atoms with Gasteiger partial charge >= 0.3 is 0 Å². The van der Waals surface area contributed by atoms with E-state index in [0.29, 0.717) is 32.1 Å². The fourth-order valence-electron chi connectivity index (χ4n) is 6.03. The molecule has 3 aromatic rings. The van der Waals surface area contributed by atoms with E-state index in [9.17, 15) is 9.18 Å². The fourth-order valence-corrected chi connectivity index (χ4v) is 7.29. The Morgan fingerprint density at radius 3 is 2.46 bits per heavy atom. The Morgan fingerprint density at radius 1 is 0.914 bits per heavy atom. The van der Waals surface area contributed by atoms with Gasteiger partial charge in [-0.2, -0.15) is 0 Å². The second-order valence-electron chi connectivity index (χ2n) is 10.2. The SMILES string of the molecule is O=C(c1ccccc1F)N1CCN(c2nc(C3CCCCC3)nc3sc4c(c23)CCCCC4)CC1. The number of rotatable bonds is 3. The average molecular weight is 493 g/mol. The zero-order valence-electron chi connectivity index (χ0n) is 20.3. The van der Waals surface area contributed by atoms with Crippen molar-refractivity contribution in [1.82, 2.24) is 14.9 Å². The number of benzene rings is 1. The molecule has 1 aromatic carbocycles. The Kier molecular flexibility index (Phi) is 6.44. The number of hydrogen-bond acceptors (Lipinski definition) is 5. The van der Waals surface area contributed by atoms with Crippen molar-refractivity contribution < 1.29 is 9.18 Å². The molecule has 2 aliphatic carbocycles. The number of nitrogens with zero attached hydrogens (tertiary/aromatic N) is 4. The highest BCUT2D eigenvalue weighted by atomic mass is 32.1. The summed E-state index contributed by atoms with van der Waals surface area (Å²) in [5.74, 6) is 1.89. The van der Waals surface area contributed by atoms with Crippen molar-refractivity contribution in [2.75, 3.05) is 31.1 Å². The van der Waals surface area contributed by atoms with E-state index in [-0.39, 0.29) is 11.5 Å². The number of carbonyl (C=O) groups is 1. The van der Waals surface area contributed by atoms with E-state index in [4.69, 9.17) is 9.97 Å². The first-order valence-corrected chi connectivity index (χ1v) is 14.1. The van der Waals surface area contributed by atoms with Crippen LogP contribution in [-0.2, 0) is 12.8 Å². The number of amides is 1. The lowest BCUT2D eigenvalue weighted by molar-refractivity contribution is 0.0742. The number of aryl methyl sites for hydroxylation is 2. The van der Waals surface area contributed by atoms with E-state index in [1.54, 1.807) is 23.1 Å². The number of halogens is 1. The highest BCUT2D eigenvalue weighted by Crippen LogP contribution is 2.41. The summed E-state index contributed by atoms with van der Waals surface area (Å²) in [5, 5.41) is 1.26. The van der Waals surface area contributed by atoms with Gasteiger partial charge < -0.3 is 9.80 Å². The predicted molar refractivity (Wildman–Crippen MR) is 139 cm³/mol. The Hall–Kier alpha value is -2.54. The molecule has 35 heavy (non-hydrogen) atoms. The van der Waals surface area contributed by atoms with E-state index in [2.05, 4.69) is 4.90 Å². The van der Waals surface area contributed by atoms with Gasteiger partial charge in [-0.1, -0.05) is 37.8 Å². The van der Waals surface area contributed by atoms with Gasteiger partial charge in [0.25, 0.3) is 5.91 Å². The Morgan fingerprint density at radius 2 is 1.66 bits per heavy atom. The lowest BCUT2D eigenvalue weighted by Crippen LogP contribution is -2.49. The molecular weight excluding hydrogens is 459 g/mol. The largest absolute Gasteiger partial charge is 0.352 e. The van der Waals surface area contributed by atoms with Gasteiger partial charge in [-0.15, -0.1) is 11.3 Å². The van der Waals surface area contributed by atoms with Crippen molar-refractivity contribution in [3.05, 3.63) is 51.9 Å². The average Bonchev–Trinajstić information content (AvgIpc) is 3.09. The minimum absolute atomic E-state index is 0.160. The standard InChI is InChI=1S/C28H33FN4OS/c29-22-13-8-7-11-20(22)28(34)33-17-15-32(16-18-33)26-24-21-12-5-2-6-14-23(21)35-27(24)31-25(30-26)19-9-3-1-4-10-19/h7-8,11,13,19H,1-6,9-10,12,14-18H2. The zero-order valence-corrected chi connectivity index (χ0v) is 21.1. The number of thiophene rings is 1. The van der Waals surface area contributed by atoms with Crippen LogP contribution < -0.4 is 4.90 Å². The number of anilines is 1. The van der Waals surface area contributed by atoms with Crippen LogP contribution >= 0.6 is 11.3 Å². The Bertz CT molecular complexity index is 1230. The fraction of sp³-hybridized carbons (Fsp3) is 0.536. The normalized spacial score (nSPS) is 19.6. The van der Waals surface area contributed by atoms with Crippen molar-refractivity contribution in [3.8, 4) is 0 Å². The molecule has 0 radical (unpaired) electrons. The molecule has 2 fully saturated rings. The van der Waals surface area contributed by atoms with Gasteiger partial charge in [0.2, 0.25) is 0 Å². The van der Waals surface area contributed by atoms with Gasteiger partial charge in [-0.3, -0.25) is 4.79 Å². The lowest BCUT2D eigenvalue weighted by Gasteiger charge is -2.36. The minimum Gasteiger partial charge on any atom is -0.352 e. The molecule has 0 unspecified atom stereocenters. The second-order valence-corrected chi connectivity index (χ2v) is 11.3.